The predicted molar refractivity (Wildman–Crippen MR) is 99.8 cm³/mol. The summed E-state index contributed by atoms with van der Waals surface area (Å²) in [6, 6.07) is 3.85. The van der Waals surface area contributed by atoms with E-state index in [0.717, 1.165) is 22.6 Å². The van der Waals surface area contributed by atoms with E-state index in [-0.39, 0.29) is 30.4 Å². The van der Waals surface area contributed by atoms with Gasteiger partial charge < -0.3 is 10.1 Å². The Morgan fingerprint density at radius 1 is 1.23 bits per heavy atom. The number of thiophene rings is 1. The third kappa shape index (κ3) is 4.16. The third-order valence-corrected chi connectivity index (χ3v) is 5.43. The summed E-state index contributed by atoms with van der Waals surface area (Å²) in [7, 11) is 0. The number of rotatable bonds is 6. The number of pyridine rings is 1. The molecular formula is C19H23N2O4S+. The van der Waals surface area contributed by atoms with E-state index in [1.165, 1.54) is 6.92 Å². The van der Waals surface area contributed by atoms with Crippen LogP contribution < -0.4 is 9.88 Å². The van der Waals surface area contributed by atoms with Gasteiger partial charge in [-0.2, -0.15) is 4.57 Å². The van der Waals surface area contributed by atoms with E-state index in [1.54, 1.807) is 13.8 Å². The molecule has 0 unspecified atom stereocenters. The van der Waals surface area contributed by atoms with Gasteiger partial charge in [0, 0.05) is 18.6 Å². The normalized spacial score (nSPS) is 10.5. The smallest absolute Gasteiger partial charge is 0.341 e. The number of anilines is 1. The maximum Gasteiger partial charge on any atom is 0.341 e. The molecule has 7 heteroatoms. The van der Waals surface area contributed by atoms with Gasteiger partial charge in [-0.15, -0.1) is 11.3 Å². The second kappa shape index (κ2) is 8.23. The van der Waals surface area contributed by atoms with Crippen LogP contribution in [0.15, 0.2) is 18.3 Å². The number of ketones is 1. The van der Waals surface area contributed by atoms with Crippen molar-refractivity contribution in [3.8, 4) is 0 Å². The highest BCUT2D eigenvalue weighted by atomic mass is 32.1. The van der Waals surface area contributed by atoms with Gasteiger partial charge in [0.2, 0.25) is 6.54 Å². The number of aryl methyl sites for hydroxylation is 1. The molecule has 0 spiro atoms. The number of Topliss-reactive ketones (excluding diaryl/α,β-unsaturated/α-hetero) is 1. The van der Waals surface area contributed by atoms with Gasteiger partial charge in [-0.05, 0) is 39.3 Å². The van der Waals surface area contributed by atoms with E-state index in [1.807, 2.05) is 36.7 Å². The van der Waals surface area contributed by atoms with Crippen LogP contribution >= 0.6 is 11.3 Å². The Morgan fingerprint density at radius 3 is 2.54 bits per heavy atom. The van der Waals surface area contributed by atoms with Crippen LogP contribution in [0.4, 0.5) is 5.00 Å². The number of nitrogens with one attached hydrogen (secondary N) is 1. The fourth-order valence-electron chi connectivity index (χ4n) is 2.63. The summed E-state index contributed by atoms with van der Waals surface area (Å²) in [4.78, 5) is 37.0. The Morgan fingerprint density at radius 2 is 1.92 bits per heavy atom. The van der Waals surface area contributed by atoms with Crippen LogP contribution in [-0.2, 0) is 16.1 Å². The minimum atomic E-state index is -0.538. The number of hydrogen-bond donors (Lipinski definition) is 1. The molecule has 0 radical (unpaired) electrons. The molecule has 0 aliphatic rings. The average molecular weight is 375 g/mol. The zero-order valence-electron chi connectivity index (χ0n) is 15.6. The van der Waals surface area contributed by atoms with Crippen LogP contribution in [0, 0.1) is 20.8 Å². The number of ether oxygens (including phenoxy) is 1. The molecule has 0 aliphatic heterocycles. The van der Waals surface area contributed by atoms with E-state index in [4.69, 9.17) is 4.74 Å². The molecule has 1 N–H and O–H groups in total. The number of carbonyl (C=O) groups excluding carboxylic acids is 3. The van der Waals surface area contributed by atoms with Crippen LogP contribution in [0.25, 0.3) is 0 Å². The van der Waals surface area contributed by atoms with Gasteiger partial charge in [-0.1, -0.05) is 0 Å². The van der Waals surface area contributed by atoms with Crippen molar-refractivity contribution in [2.75, 3.05) is 11.9 Å². The van der Waals surface area contributed by atoms with Crippen LogP contribution in [0.5, 0.6) is 0 Å². The molecule has 138 valence electrons. The highest BCUT2D eigenvalue weighted by Gasteiger charge is 2.26. The zero-order valence-corrected chi connectivity index (χ0v) is 16.5. The summed E-state index contributed by atoms with van der Waals surface area (Å²) < 4.78 is 6.91. The van der Waals surface area contributed by atoms with E-state index >= 15 is 0 Å². The monoisotopic (exact) mass is 375 g/mol. The van der Waals surface area contributed by atoms with Gasteiger partial charge in [0.1, 0.15) is 5.00 Å². The van der Waals surface area contributed by atoms with Crippen molar-refractivity contribution in [1.29, 1.82) is 0 Å². The largest absolute Gasteiger partial charge is 0.462 e. The molecule has 0 saturated carbocycles. The van der Waals surface area contributed by atoms with Gasteiger partial charge in [0.15, 0.2) is 17.7 Å². The molecule has 6 nitrogen and oxygen atoms in total. The summed E-state index contributed by atoms with van der Waals surface area (Å²) in [6.45, 7) is 9.08. The Labute approximate surface area is 156 Å². The van der Waals surface area contributed by atoms with E-state index < -0.39 is 5.97 Å². The van der Waals surface area contributed by atoms with Gasteiger partial charge in [-0.25, -0.2) is 4.79 Å². The van der Waals surface area contributed by atoms with Crippen molar-refractivity contribution >= 4 is 34.0 Å². The number of amides is 1. The first-order valence-corrected chi connectivity index (χ1v) is 9.14. The molecule has 0 aliphatic carbocycles. The Bertz CT molecular complexity index is 871. The number of esters is 1. The van der Waals surface area contributed by atoms with E-state index in [9.17, 15) is 14.4 Å². The first-order chi connectivity index (χ1) is 12.3. The second-order valence-corrected chi connectivity index (χ2v) is 7.01. The second-order valence-electron chi connectivity index (χ2n) is 5.99. The van der Waals surface area contributed by atoms with Crippen molar-refractivity contribution in [3.63, 3.8) is 0 Å². The molecule has 0 atom stereocenters. The first kappa shape index (κ1) is 19.8. The lowest BCUT2D eigenvalue weighted by Crippen LogP contribution is -2.43. The van der Waals surface area contributed by atoms with Crippen LogP contribution in [0.2, 0.25) is 0 Å². The SMILES string of the molecule is CCOC(=O)c1c(NC(=O)C[n+]2cccc(C)c2C)sc(C(C)=O)c1C. The van der Waals surface area contributed by atoms with Gasteiger partial charge >= 0.3 is 5.97 Å². The predicted octanol–water partition coefficient (Wildman–Crippen LogP) is 2.98. The summed E-state index contributed by atoms with van der Waals surface area (Å²) in [5.74, 6) is -0.962. The molecule has 2 aromatic rings. The lowest BCUT2D eigenvalue weighted by Gasteiger charge is -2.07. The van der Waals surface area contributed by atoms with Crippen molar-refractivity contribution in [2.45, 2.75) is 41.2 Å². The Balaban J connectivity index is 2.31. The summed E-state index contributed by atoms with van der Waals surface area (Å²) in [6.07, 6.45) is 1.83. The van der Waals surface area contributed by atoms with Crippen molar-refractivity contribution < 1.29 is 23.7 Å². The number of aromatic nitrogens is 1. The first-order valence-electron chi connectivity index (χ1n) is 8.33. The molecule has 0 bridgehead atoms. The summed E-state index contributed by atoms with van der Waals surface area (Å²) >= 11 is 1.10. The topological polar surface area (TPSA) is 76.3 Å². The van der Waals surface area contributed by atoms with Crippen molar-refractivity contribution in [2.24, 2.45) is 0 Å². The molecule has 2 aromatic heterocycles. The van der Waals surface area contributed by atoms with Gasteiger partial charge in [-0.3, -0.25) is 9.59 Å². The molecule has 26 heavy (non-hydrogen) atoms. The summed E-state index contributed by atoms with van der Waals surface area (Å²) in [5, 5.41) is 3.12. The molecule has 0 saturated heterocycles. The standard InChI is InChI=1S/C19H22N2O4S/c1-6-25-19(24)16-12(3)17(14(5)22)26-18(16)20-15(23)10-21-9-7-8-11(2)13(21)4/h7-9H,6,10H2,1-5H3/p+1. The highest BCUT2D eigenvalue weighted by molar-refractivity contribution is 7.18. The lowest BCUT2D eigenvalue weighted by molar-refractivity contribution is -0.690. The quantitative estimate of drug-likeness (QED) is 0.478. The van der Waals surface area contributed by atoms with Crippen molar-refractivity contribution in [3.05, 3.63) is 45.6 Å². The van der Waals surface area contributed by atoms with E-state index in [0.29, 0.717) is 15.4 Å². The molecule has 2 rings (SSSR count). The number of nitrogens with zero attached hydrogens (tertiary/aromatic N) is 1. The average Bonchev–Trinajstić information content (AvgIpc) is 2.88. The Hall–Kier alpha value is -2.54. The zero-order chi connectivity index (χ0) is 19.4. The third-order valence-electron chi connectivity index (χ3n) is 4.13. The van der Waals surface area contributed by atoms with Gasteiger partial charge in [0.05, 0.1) is 17.0 Å². The van der Waals surface area contributed by atoms with E-state index in [2.05, 4.69) is 5.32 Å². The molecule has 1 amide bonds. The highest BCUT2D eigenvalue weighted by Crippen LogP contribution is 2.34. The summed E-state index contributed by atoms with van der Waals surface area (Å²) in [5.41, 5.74) is 2.86. The van der Waals surface area contributed by atoms with Crippen LogP contribution in [-0.4, -0.2) is 24.3 Å². The fraction of sp³-hybridized carbons (Fsp3) is 0.368. The minimum absolute atomic E-state index is 0.113. The van der Waals surface area contributed by atoms with Gasteiger partial charge in [0.25, 0.3) is 5.91 Å². The maximum atomic E-state index is 12.5. The minimum Gasteiger partial charge on any atom is -0.462 e. The molecular weight excluding hydrogens is 352 g/mol. The van der Waals surface area contributed by atoms with Crippen LogP contribution in [0.1, 0.15) is 50.7 Å². The van der Waals surface area contributed by atoms with Crippen molar-refractivity contribution in [1.82, 2.24) is 0 Å². The fourth-order valence-corrected chi connectivity index (χ4v) is 3.74. The molecule has 2 heterocycles. The Kier molecular flexibility index (Phi) is 6.26. The number of carbonyl (C=O) groups is 3. The van der Waals surface area contributed by atoms with Crippen LogP contribution in [0.3, 0.4) is 0 Å². The maximum absolute atomic E-state index is 12.5. The number of hydrogen-bond acceptors (Lipinski definition) is 5. The lowest BCUT2D eigenvalue weighted by atomic mass is 10.1. The molecule has 0 fully saturated rings. The molecule has 0 aromatic carbocycles.